The Hall–Kier alpha value is -3.06. The molecule has 0 aliphatic carbocycles. The van der Waals surface area contributed by atoms with Gasteiger partial charge in [0.15, 0.2) is 0 Å². The minimum atomic E-state index is 0.0489. The van der Waals surface area contributed by atoms with Gasteiger partial charge in [0.05, 0.1) is 17.6 Å². The van der Waals surface area contributed by atoms with Crippen LogP contribution in [0.1, 0.15) is 23.7 Å². The van der Waals surface area contributed by atoms with Gasteiger partial charge in [-0.3, -0.25) is 4.79 Å². The summed E-state index contributed by atoms with van der Waals surface area (Å²) < 4.78 is 2.06. The van der Waals surface area contributed by atoms with E-state index in [1.54, 1.807) is 0 Å². The van der Waals surface area contributed by atoms with E-state index in [1.807, 2.05) is 60.4 Å². The summed E-state index contributed by atoms with van der Waals surface area (Å²) in [6.07, 6.45) is 6.03. The number of rotatable bonds is 3. The lowest BCUT2D eigenvalue weighted by molar-refractivity contribution is -0.117. The number of hydrogen-bond acceptors (Lipinski definition) is 2. The van der Waals surface area contributed by atoms with Crippen molar-refractivity contribution >= 4 is 22.6 Å². The van der Waals surface area contributed by atoms with Crippen molar-refractivity contribution in [3.8, 4) is 12.3 Å². The third-order valence-electron chi connectivity index (χ3n) is 4.83. The second-order valence-electron chi connectivity index (χ2n) is 6.44. The van der Waals surface area contributed by atoms with Crippen molar-refractivity contribution in [3.63, 3.8) is 0 Å². The summed E-state index contributed by atoms with van der Waals surface area (Å²) in [5.41, 5.74) is 4.04. The molecule has 0 N–H and O–H groups in total. The lowest BCUT2D eigenvalue weighted by Crippen LogP contribution is -2.25. The lowest BCUT2D eigenvalue weighted by atomic mass is 10.1. The molecule has 1 aliphatic rings. The Bertz CT molecular complexity index is 996. The van der Waals surface area contributed by atoms with Crippen molar-refractivity contribution in [2.24, 2.45) is 0 Å². The monoisotopic (exact) mass is 329 g/mol. The van der Waals surface area contributed by atoms with Crippen LogP contribution in [0, 0.1) is 19.3 Å². The highest BCUT2D eigenvalue weighted by atomic mass is 16.2. The normalized spacial score (nSPS) is 17.2. The van der Waals surface area contributed by atoms with Crippen LogP contribution < -0.4 is 4.90 Å². The molecule has 1 fully saturated rings. The smallest absolute Gasteiger partial charge is 0.227 e. The fourth-order valence-corrected chi connectivity index (χ4v) is 3.64. The number of carbonyl (C=O) groups excluding carboxylic acids is 1. The number of terminal acetylenes is 1. The highest BCUT2D eigenvalue weighted by molar-refractivity contribution is 5.97. The first kappa shape index (κ1) is 15.5. The molecule has 1 amide bonds. The Morgan fingerprint density at radius 1 is 1.20 bits per heavy atom. The third kappa shape index (κ3) is 2.58. The molecule has 0 saturated carbocycles. The molecule has 0 spiro atoms. The van der Waals surface area contributed by atoms with E-state index in [9.17, 15) is 4.79 Å². The molecule has 1 aromatic heterocycles. The summed E-state index contributed by atoms with van der Waals surface area (Å²) in [5, 5.41) is 0. The standard InChI is InChI=1S/C21H19N3O/c1-3-12-23-19-11-7-5-9-17(19)22-21(23)16-13-20(25)24(14-16)18-10-6-4-8-15(18)2/h1,4-11,16H,12-14H2,2H3/t16-/m0/s1. The second-order valence-corrected chi connectivity index (χ2v) is 6.44. The number of aromatic nitrogens is 2. The van der Waals surface area contributed by atoms with Gasteiger partial charge in [0.2, 0.25) is 5.91 Å². The number of benzene rings is 2. The molecule has 0 unspecified atom stereocenters. The largest absolute Gasteiger partial charge is 0.316 e. The molecule has 1 atom stereocenters. The molecule has 3 aromatic rings. The topological polar surface area (TPSA) is 38.1 Å². The number of nitrogens with zero attached hydrogens (tertiary/aromatic N) is 3. The van der Waals surface area contributed by atoms with Gasteiger partial charge < -0.3 is 9.47 Å². The van der Waals surface area contributed by atoms with Gasteiger partial charge in [0.25, 0.3) is 0 Å². The predicted octanol–water partition coefficient (Wildman–Crippen LogP) is 3.50. The highest BCUT2D eigenvalue weighted by Gasteiger charge is 2.35. The van der Waals surface area contributed by atoms with Crippen molar-refractivity contribution in [2.45, 2.75) is 25.8 Å². The maximum Gasteiger partial charge on any atom is 0.227 e. The Labute approximate surface area is 147 Å². The van der Waals surface area contributed by atoms with E-state index in [2.05, 4.69) is 10.5 Å². The van der Waals surface area contributed by atoms with E-state index in [0.717, 1.165) is 28.1 Å². The first-order valence-corrected chi connectivity index (χ1v) is 8.43. The third-order valence-corrected chi connectivity index (χ3v) is 4.83. The average molecular weight is 329 g/mol. The molecule has 4 heteroatoms. The van der Waals surface area contributed by atoms with Gasteiger partial charge in [-0.25, -0.2) is 4.98 Å². The van der Waals surface area contributed by atoms with Crippen LogP contribution in [0.3, 0.4) is 0 Å². The molecular weight excluding hydrogens is 310 g/mol. The molecule has 124 valence electrons. The molecule has 0 bridgehead atoms. The molecule has 2 heterocycles. The van der Waals surface area contributed by atoms with Gasteiger partial charge in [-0.05, 0) is 30.7 Å². The summed E-state index contributed by atoms with van der Waals surface area (Å²) in [6, 6.07) is 16.0. The average Bonchev–Trinajstić information content (AvgIpc) is 3.17. The van der Waals surface area contributed by atoms with Gasteiger partial charge in [0, 0.05) is 24.6 Å². The first-order valence-electron chi connectivity index (χ1n) is 8.43. The van der Waals surface area contributed by atoms with Crippen LogP contribution >= 0.6 is 0 Å². The second kappa shape index (κ2) is 6.10. The van der Waals surface area contributed by atoms with Crippen LogP contribution in [-0.4, -0.2) is 22.0 Å². The Morgan fingerprint density at radius 3 is 2.76 bits per heavy atom. The van der Waals surface area contributed by atoms with E-state index in [1.165, 1.54) is 0 Å². The van der Waals surface area contributed by atoms with E-state index in [4.69, 9.17) is 11.4 Å². The number of aryl methyl sites for hydroxylation is 1. The number of fused-ring (bicyclic) bond motifs is 1. The van der Waals surface area contributed by atoms with Crippen molar-refractivity contribution in [1.29, 1.82) is 0 Å². The summed E-state index contributed by atoms with van der Waals surface area (Å²) >= 11 is 0. The van der Waals surface area contributed by atoms with Gasteiger partial charge in [-0.15, -0.1) is 6.42 Å². The van der Waals surface area contributed by atoms with Crippen molar-refractivity contribution in [3.05, 3.63) is 59.9 Å². The van der Waals surface area contributed by atoms with E-state index in [-0.39, 0.29) is 11.8 Å². The van der Waals surface area contributed by atoms with Crippen molar-refractivity contribution in [2.75, 3.05) is 11.4 Å². The molecule has 0 radical (unpaired) electrons. The van der Waals surface area contributed by atoms with E-state index in [0.29, 0.717) is 19.5 Å². The molecule has 1 aliphatic heterocycles. The SMILES string of the molecule is C#CCn1c([C@H]2CC(=O)N(c3ccccc3C)C2)nc2ccccc21. The first-order chi connectivity index (χ1) is 12.2. The Morgan fingerprint density at radius 2 is 1.96 bits per heavy atom. The van der Waals surface area contributed by atoms with E-state index >= 15 is 0 Å². The van der Waals surface area contributed by atoms with Crippen LogP contribution in [0.2, 0.25) is 0 Å². The van der Waals surface area contributed by atoms with Crippen LogP contribution in [0.25, 0.3) is 11.0 Å². The fourth-order valence-electron chi connectivity index (χ4n) is 3.64. The minimum absolute atomic E-state index is 0.0489. The maximum atomic E-state index is 12.6. The van der Waals surface area contributed by atoms with Gasteiger partial charge >= 0.3 is 0 Å². The number of imidazole rings is 1. The molecule has 4 nitrogen and oxygen atoms in total. The zero-order valence-electron chi connectivity index (χ0n) is 14.1. The van der Waals surface area contributed by atoms with Gasteiger partial charge in [0.1, 0.15) is 5.82 Å². The van der Waals surface area contributed by atoms with Crippen LogP contribution in [-0.2, 0) is 11.3 Å². The molecule has 25 heavy (non-hydrogen) atoms. The van der Waals surface area contributed by atoms with Gasteiger partial charge in [-0.1, -0.05) is 36.3 Å². The molecule has 4 rings (SSSR count). The van der Waals surface area contributed by atoms with E-state index < -0.39 is 0 Å². The molecular formula is C21H19N3O. The zero-order chi connectivity index (χ0) is 17.4. The minimum Gasteiger partial charge on any atom is -0.316 e. The molecule has 2 aromatic carbocycles. The number of amides is 1. The van der Waals surface area contributed by atoms with Crippen molar-refractivity contribution in [1.82, 2.24) is 9.55 Å². The number of hydrogen-bond donors (Lipinski definition) is 0. The van der Waals surface area contributed by atoms with Crippen molar-refractivity contribution < 1.29 is 4.79 Å². The number of anilines is 1. The van der Waals surface area contributed by atoms with Crippen LogP contribution in [0.15, 0.2) is 48.5 Å². The number of carbonyl (C=O) groups is 1. The maximum absolute atomic E-state index is 12.6. The Balaban J connectivity index is 1.73. The van der Waals surface area contributed by atoms with Gasteiger partial charge in [-0.2, -0.15) is 0 Å². The summed E-state index contributed by atoms with van der Waals surface area (Å²) in [4.78, 5) is 19.3. The summed E-state index contributed by atoms with van der Waals surface area (Å²) in [5.74, 6) is 3.81. The summed E-state index contributed by atoms with van der Waals surface area (Å²) in [7, 11) is 0. The predicted molar refractivity (Wildman–Crippen MR) is 99.5 cm³/mol. The fraction of sp³-hybridized carbons (Fsp3) is 0.238. The quantitative estimate of drug-likeness (QED) is 0.690. The van der Waals surface area contributed by atoms with Crippen LogP contribution in [0.5, 0.6) is 0 Å². The Kier molecular flexibility index (Phi) is 3.77. The van der Waals surface area contributed by atoms with Crippen LogP contribution in [0.4, 0.5) is 5.69 Å². The summed E-state index contributed by atoms with van der Waals surface area (Å²) in [6.45, 7) is 3.13. The highest BCUT2D eigenvalue weighted by Crippen LogP contribution is 2.34. The molecule has 1 saturated heterocycles. The number of para-hydroxylation sites is 3. The lowest BCUT2D eigenvalue weighted by Gasteiger charge is -2.19. The zero-order valence-corrected chi connectivity index (χ0v) is 14.1.